The van der Waals surface area contributed by atoms with Crippen molar-refractivity contribution in [2.45, 2.75) is 71.8 Å². The fourth-order valence-electron chi connectivity index (χ4n) is 4.39. The van der Waals surface area contributed by atoms with Crippen LogP contribution in [0.1, 0.15) is 67.7 Å². The first kappa shape index (κ1) is 17.7. The number of Topliss-reactive ketones (excluding diaryl/α,β-unsaturated/α-hetero) is 1. The molecular formula is C20H29NO2. The maximum Gasteiger partial charge on any atom is 0.238 e. The highest BCUT2D eigenvalue weighted by Crippen LogP contribution is 2.43. The first-order valence-electron chi connectivity index (χ1n) is 8.69. The second kappa shape index (κ2) is 6.46. The Labute approximate surface area is 140 Å². The normalized spacial score (nSPS) is 20.4. The number of ketones is 1. The minimum atomic E-state index is -0.626. The molecule has 1 aromatic carbocycles. The number of amides is 1. The zero-order valence-corrected chi connectivity index (χ0v) is 15.3. The van der Waals surface area contributed by atoms with Crippen molar-refractivity contribution >= 4 is 11.7 Å². The number of benzene rings is 1. The van der Waals surface area contributed by atoms with Crippen molar-refractivity contribution in [1.82, 2.24) is 4.90 Å². The lowest BCUT2D eigenvalue weighted by Gasteiger charge is -2.34. The number of rotatable bonds is 5. The average molecular weight is 315 g/mol. The molecule has 1 saturated heterocycles. The first-order valence-corrected chi connectivity index (χ1v) is 8.69. The summed E-state index contributed by atoms with van der Waals surface area (Å²) in [5, 5.41) is 0. The van der Waals surface area contributed by atoms with Crippen LogP contribution in [0.25, 0.3) is 0 Å². The van der Waals surface area contributed by atoms with Crippen LogP contribution in [0.4, 0.5) is 0 Å². The van der Waals surface area contributed by atoms with Gasteiger partial charge in [-0.2, -0.15) is 0 Å². The van der Waals surface area contributed by atoms with Gasteiger partial charge < -0.3 is 4.90 Å². The van der Waals surface area contributed by atoms with Crippen molar-refractivity contribution in [2.75, 3.05) is 7.05 Å². The van der Waals surface area contributed by atoms with Gasteiger partial charge in [-0.05, 0) is 50.3 Å². The highest BCUT2D eigenvalue weighted by molar-refractivity contribution is 6.17. The van der Waals surface area contributed by atoms with Gasteiger partial charge in [0.15, 0.2) is 5.78 Å². The second-order valence-corrected chi connectivity index (χ2v) is 7.04. The molecule has 0 saturated carbocycles. The fourth-order valence-corrected chi connectivity index (χ4v) is 4.39. The third kappa shape index (κ3) is 2.71. The molecule has 126 valence electrons. The number of likely N-dealkylation sites (N-methyl/N-ethyl adjacent to an activating group) is 1. The fraction of sp³-hybridized carbons (Fsp3) is 0.600. The van der Waals surface area contributed by atoms with E-state index in [0.29, 0.717) is 0 Å². The topological polar surface area (TPSA) is 37.4 Å². The number of aryl methyl sites for hydroxylation is 3. The van der Waals surface area contributed by atoms with Gasteiger partial charge in [-0.3, -0.25) is 9.59 Å². The van der Waals surface area contributed by atoms with Gasteiger partial charge in [0, 0.05) is 7.05 Å². The van der Waals surface area contributed by atoms with Crippen LogP contribution in [-0.2, 0) is 9.59 Å². The summed E-state index contributed by atoms with van der Waals surface area (Å²) in [6.45, 7) is 10.2. The van der Waals surface area contributed by atoms with Crippen molar-refractivity contribution in [2.24, 2.45) is 0 Å². The SMILES string of the molecule is CCCC1(CCC)C(=O)C(c2c(C)cc(C)cc2C)C(=O)N1C. The maximum absolute atomic E-state index is 13.4. The molecule has 0 spiro atoms. The zero-order chi connectivity index (χ0) is 17.4. The van der Waals surface area contributed by atoms with Crippen LogP contribution in [0.15, 0.2) is 12.1 Å². The van der Waals surface area contributed by atoms with Crippen LogP contribution in [0.3, 0.4) is 0 Å². The van der Waals surface area contributed by atoms with E-state index in [1.54, 1.807) is 4.90 Å². The van der Waals surface area contributed by atoms with Gasteiger partial charge in [-0.1, -0.05) is 44.4 Å². The van der Waals surface area contributed by atoms with Crippen LogP contribution < -0.4 is 0 Å². The van der Waals surface area contributed by atoms with Crippen LogP contribution in [0.5, 0.6) is 0 Å². The molecule has 1 amide bonds. The molecule has 0 bridgehead atoms. The Bertz CT molecular complexity index is 604. The van der Waals surface area contributed by atoms with Crippen molar-refractivity contribution in [3.8, 4) is 0 Å². The second-order valence-electron chi connectivity index (χ2n) is 7.04. The molecule has 1 aliphatic rings. The lowest BCUT2D eigenvalue weighted by atomic mass is 9.79. The van der Waals surface area contributed by atoms with E-state index in [1.165, 1.54) is 5.56 Å². The Balaban J connectivity index is 2.58. The summed E-state index contributed by atoms with van der Waals surface area (Å²) >= 11 is 0. The number of likely N-dealkylation sites (tertiary alicyclic amines) is 1. The van der Waals surface area contributed by atoms with Crippen LogP contribution in [0.2, 0.25) is 0 Å². The summed E-state index contributed by atoms with van der Waals surface area (Å²) in [7, 11) is 1.81. The predicted molar refractivity (Wildman–Crippen MR) is 93.7 cm³/mol. The summed E-state index contributed by atoms with van der Waals surface area (Å²) in [5.74, 6) is -0.561. The molecule has 0 N–H and O–H groups in total. The zero-order valence-electron chi connectivity index (χ0n) is 15.3. The molecule has 0 aromatic heterocycles. The quantitative estimate of drug-likeness (QED) is 0.768. The van der Waals surface area contributed by atoms with E-state index in [4.69, 9.17) is 0 Å². The summed E-state index contributed by atoms with van der Waals surface area (Å²) < 4.78 is 0. The molecule has 0 radical (unpaired) electrons. The molecule has 1 fully saturated rings. The van der Waals surface area contributed by atoms with Gasteiger partial charge in [-0.25, -0.2) is 0 Å². The lowest BCUT2D eigenvalue weighted by molar-refractivity contribution is -0.131. The number of hydrogen-bond donors (Lipinski definition) is 0. The number of hydrogen-bond acceptors (Lipinski definition) is 2. The average Bonchev–Trinajstić information content (AvgIpc) is 2.63. The van der Waals surface area contributed by atoms with E-state index in [-0.39, 0.29) is 11.7 Å². The van der Waals surface area contributed by atoms with Gasteiger partial charge in [0.25, 0.3) is 0 Å². The smallest absolute Gasteiger partial charge is 0.238 e. The third-order valence-electron chi connectivity index (χ3n) is 5.29. The highest BCUT2D eigenvalue weighted by atomic mass is 16.2. The van der Waals surface area contributed by atoms with E-state index in [1.807, 2.05) is 27.8 Å². The Kier molecular flexibility index (Phi) is 4.98. The molecule has 3 heteroatoms. The molecule has 23 heavy (non-hydrogen) atoms. The molecule has 1 atom stereocenters. The van der Waals surface area contributed by atoms with Gasteiger partial charge in [-0.15, -0.1) is 0 Å². The van der Waals surface area contributed by atoms with Gasteiger partial charge in [0.1, 0.15) is 11.5 Å². The standard InChI is InChI=1S/C20H29NO2/c1-7-9-20(10-8-2)18(22)17(19(23)21(20)6)16-14(4)11-13(3)12-15(16)5/h11-12,17H,7-10H2,1-6H3. The van der Waals surface area contributed by atoms with Crippen LogP contribution in [0, 0.1) is 20.8 Å². The van der Waals surface area contributed by atoms with Gasteiger partial charge >= 0.3 is 0 Å². The molecule has 1 aromatic rings. The van der Waals surface area contributed by atoms with E-state index in [2.05, 4.69) is 26.0 Å². The van der Waals surface area contributed by atoms with Crippen molar-refractivity contribution < 1.29 is 9.59 Å². The molecule has 2 rings (SSSR count). The predicted octanol–water partition coefficient (Wildman–Crippen LogP) is 4.08. The van der Waals surface area contributed by atoms with Crippen LogP contribution >= 0.6 is 0 Å². The number of carbonyl (C=O) groups excluding carboxylic acids is 2. The molecule has 1 heterocycles. The Morgan fingerprint density at radius 2 is 1.48 bits per heavy atom. The minimum absolute atomic E-state index is 0.0352. The van der Waals surface area contributed by atoms with E-state index in [0.717, 1.165) is 42.4 Å². The van der Waals surface area contributed by atoms with Gasteiger partial charge in [0.05, 0.1) is 0 Å². The largest absolute Gasteiger partial charge is 0.332 e. The monoisotopic (exact) mass is 315 g/mol. The van der Waals surface area contributed by atoms with Gasteiger partial charge in [0.2, 0.25) is 5.91 Å². The number of carbonyl (C=O) groups is 2. The Hall–Kier alpha value is -1.64. The summed E-state index contributed by atoms with van der Waals surface area (Å²) in [6, 6.07) is 4.14. The van der Waals surface area contributed by atoms with E-state index >= 15 is 0 Å². The molecule has 1 aliphatic heterocycles. The first-order chi connectivity index (χ1) is 10.8. The molecule has 0 aliphatic carbocycles. The van der Waals surface area contributed by atoms with E-state index < -0.39 is 11.5 Å². The van der Waals surface area contributed by atoms with Crippen molar-refractivity contribution in [3.05, 3.63) is 34.4 Å². The minimum Gasteiger partial charge on any atom is -0.332 e. The summed E-state index contributed by atoms with van der Waals surface area (Å²) in [5.41, 5.74) is 3.57. The Morgan fingerprint density at radius 3 is 1.91 bits per heavy atom. The molecular weight excluding hydrogens is 286 g/mol. The van der Waals surface area contributed by atoms with Crippen molar-refractivity contribution in [3.63, 3.8) is 0 Å². The summed E-state index contributed by atoms with van der Waals surface area (Å²) in [6.07, 6.45) is 3.31. The lowest BCUT2D eigenvalue weighted by Crippen LogP contribution is -2.47. The molecule has 1 unspecified atom stereocenters. The molecule has 3 nitrogen and oxygen atoms in total. The highest BCUT2D eigenvalue weighted by Gasteiger charge is 2.56. The third-order valence-corrected chi connectivity index (χ3v) is 5.29. The maximum atomic E-state index is 13.4. The van der Waals surface area contributed by atoms with E-state index in [9.17, 15) is 9.59 Å². The van der Waals surface area contributed by atoms with Crippen LogP contribution in [-0.4, -0.2) is 29.2 Å². The number of nitrogens with zero attached hydrogens (tertiary/aromatic N) is 1. The Morgan fingerprint density at radius 1 is 1.00 bits per heavy atom. The summed E-state index contributed by atoms with van der Waals surface area (Å²) in [4.78, 5) is 28.1. The van der Waals surface area contributed by atoms with Crippen molar-refractivity contribution in [1.29, 1.82) is 0 Å².